The minimum Gasteiger partial charge on any atom is -0.339 e. The standard InChI is InChI=1S/C17H17N5S/c1-12-9-15(13-5-4-7-18-10-13)22(11-12)17-21-20-16(23-17)14-6-2-3-8-19-14/h2-8,10,12,15H,9,11H2,1H3/t12-,15-/m0/s1. The Bertz CT molecular complexity index is 774. The lowest BCUT2D eigenvalue weighted by Crippen LogP contribution is -2.23. The zero-order valence-corrected chi connectivity index (χ0v) is 13.6. The summed E-state index contributed by atoms with van der Waals surface area (Å²) in [5.74, 6) is 0.627. The maximum Gasteiger partial charge on any atom is 0.209 e. The van der Waals surface area contributed by atoms with Crippen LogP contribution in [0.2, 0.25) is 0 Å². The quantitative estimate of drug-likeness (QED) is 0.737. The topological polar surface area (TPSA) is 54.8 Å². The summed E-state index contributed by atoms with van der Waals surface area (Å²) in [6.07, 6.45) is 6.67. The molecule has 1 aliphatic heterocycles. The maximum atomic E-state index is 4.42. The largest absolute Gasteiger partial charge is 0.339 e. The van der Waals surface area contributed by atoms with Crippen molar-refractivity contribution in [2.45, 2.75) is 19.4 Å². The number of anilines is 1. The molecular weight excluding hydrogens is 306 g/mol. The summed E-state index contributed by atoms with van der Waals surface area (Å²) in [6.45, 7) is 3.28. The van der Waals surface area contributed by atoms with E-state index >= 15 is 0 Å². The molecule has 3 aromatic rings. The molecule has 1 fully saturated rings. The fourth-order valence-electron chi connectivity index (χ4n) is 3.07. The molecule has 0 N–H and O–H groups in total. The lowest BCUT2D eigenvalue weighted by atomic mass is 10.0. The van der Waals surface area contributed by atoms with Crippen LogP contribution in [0.15, 0.2) is 48.9 Å². The van der Waals surface area contributed by atoms with Crippen LogP contribution in [0, 0.1) is 5.92 Å². The third kappa shape index (κ3) is 2.82. The van der Waals surface area contributed by atoms with Gasteiger partial charge < -0.3 is 4.90 Å². The van der Waals surface area contributed by atoms with Crippen LogP contribution in [0.3, 0.4) is 0 Å². The number of nitrogens with zero attached hydrogens (tertiary/aromatic N) is 5. The minimum absolute atomic E-state index is 0.322. The highest BCUT2D eigenvalue weighted by Gasteiger charge is 2.33. The first-order valence-electron chi connectivity index (χ1n) is 7.73. The van der Waals surface area contributed by atoms with Crippen LogP contribution in [0.4, 0.5) is 5.13 Å². The van der Waals surface area contributed by atoms with Crippen molar-refractivity contribution >= 4 is 16.5 Å². The molecule has 2 atom stereocenters. The summed E-state index contributed by atoms with van der Waals surface area (Å²) < 4.78 is 0. The van der Waals surface area contributed by atoms with Crippen molar-refractivity contribution in [3.8, 4) is 10.7 Å². The molecule has 5 nitrogen and oxygen atoms in total. The molecule has 1 saturated heterocycles. The Labute approximate surface area is 139 Å². The Morgan fingerprint density at radius 2 is 2.09 bits per heavy atom. The Hall–Kier alpha value is -2.34. The first-order chi connectivity index (χ1) is 11.3. The zero-order chi connectivity index (χ0) is 15.6. The van der Waals surface area contributed by atoms with E-state index in [1.54, 1.807) is 17.5 Å². The van der Waals surface area contributed by atoms with Crippen LogP contribution in [-0.4, -0.2) is 26.7 Å². The average Bonchev–Trinajstić information content (AvgIpc) is 3.23. The number of aromatic nitrogens is 4. The van der Waals surface area contributed by atoms with Gasteiger partial charge in [-0.3, -0.25) is 9.97 Å². The number of pyridine rings is 2. The predicted molar refractivity (Wildman–Crippen MR) is 91.2 cm³/mol. The van der Waals surface area contributed by atoms with E-state index in [9.17, 15) is 0 Å². The maximum absolute atomic E-state index is 4.42. The van der Waals surface area contributed by atoms with Gasteiger partial charge in [0.15, 0.2) is 5.01 Å². The summed E-state index contributed by atoms with van der Waals surface area (Å²) in [6, 6.07) is 10.3. The van der Waals surface area contributed by atoms with Gasteiger partial charge in [-0.15, -0.1) is 10.2 Å². The van der Waals surface area contributed by atoms with Crippen molar-refractivity contribution in [2.24, 2.45) is 5.92 Å². The third-order valence-electron chi connectivity index (χ3n) is 4.12. The van der Waals surface area contributed by atoms with E-state index in [1.807, 2.05) is 36.7 Å². The van der Waals surface area contributed by atoms with Gasteiger partial charge >= 0.3 is 0 Å². The molecule has 1 aliphatic rings. The summed E-state index contributed by atoms with van der Waals surface area (Å²) in [7, 11) is 0. The third-order valence-corrected chi connectivity index (χ3v) is 5.11. The average molecular weight is 323 g/mol. The monoisotopic (exact) mass is 323 g/mol. The molecule has 0 aliphatic carbocycles. The molecule has 3 aromatic heterocycles. The molecule has 0 aromatic carbocycles. The van der Waals surface area contributed by atoms with Crippen molar-refractivity contribution in [3.63, 3.8) is 0 Å². The second-order valence-corrected chi connectivity index (χ2v) is 6.86. The molecule has 6 heteroatoms. The number of hydrogen-bond acceptors (Lipinski definition) is 6. The van der Waals surface area contributed by atoms with E-state index in [0.29, 0.717) is 12.0 Å². The molecule has 4 heterocycles. The lowest BCUT2D eigenvalue weighted by molar-refractivity contribution is 0.617. The van der Waals surface area contributed by atoms with E-state index in [0.717, 1.165) is 28.8 Å². The Morgan fingerprint density at radius 3 is 2.87 bits per heavy atom. The van der Waals surface area contributed by atoms with Crippen LogP contribution < -0.4 is 4.90 Å². The Kier molecular flexibility index (Phi) is 3.75. The lowest BCUT2D eigenvalue weighted by Gasteiger charge is -2.23. The first kappa shape index (κ1) is 14.3. The van der Waals surface area contributed by atoms with Crippen molar-refractivity contribution in [2.75, 3.05) is 11.4 Å². The van der Waals surface area contributed by atoms with Crippen molar-refractivity contribution in [1.82, 2.24) is 20.2 Å². The van der Waals surface area contributed by atoms with Gasteiger partial charge in [0.25, 0.3) is 0 Å². The highest BCUT2D eigenvalue weighted by molar-refractivity contribution is 7.18. The van der Waals surface area contributed by atoms with E-state index in [1.165, 1.54) is 5.56 Å². The number of hydrogen-bond donors (Lipinski definition) is 0. The molecule has 23 heavy (non-hydrogen) atoms. The fourth-order valence-corrected chi connectivity index (χ4v) is 3.95. The molecule has 0 bridgehead atoms. The smallest absolute Gasteiger partial charge is 0.209 e. The summed E-state index contributed by atoms with van der Waals surface area (Å²) in [5.41, 5.74) is 2.12. The molecular formula is C17H17N5S. The van der Waals surface area contributed by atoms with E-state index in [2.05, 4.69) is 38.1 Å². The Morgan fingerprint density at radius 1 is 1.13 bits per heavy atom. The molecule has 0 unspecified atom stereocenters. The molecule has 0 radical (unpaired) electrons. The van der Waals surface area contributed by atoms with Crippen LogP contribution in [0.5, 0.6) is 0 Å². The van der Waals surface area contributed by atoms with Gasteiger partial charge in [-0.2, -0.15) is 0 Å². The van der Waals surface area contributed by atoms with Crippen LogP contribution >= 0.6 is 11.3 Å². The summed E-state index contributed by atoms with van der Waals surface area (Å²) in [4.78, 5) is 11.0. The van der Waals surface area contributed by atoms with Gasteiger partial charge in [-0.05, 0) is 36.1 Å². The van der Waals surface area contributed by atoms with Gasteiger partial charge in [-0.1, -0.05) is 30.4 Å². The highest BCUT2D eigenvalue weighted by atomic mass is 32.1. The first-order valence-corrected chi connectivity index (χ1v) is 8.54. The number of rotatable bonds is 3. The van der Waals surface area contributed by atoms with Gasteiger partial charge in [0.05, 0.1) is 6.04 Å². The molecule has 116 valence electrons. The van der Waals surface area contributed by atoms with Gasteiger partial charge in [0.2, 0.25) is 5.13 Å². The van der Waals surface area contributed by atoms with Crippen molar-refractivity contribution < 1.29 is 0 Å². The normalized spacial score (nSPS) is 20.8. The zero-order valence-electron chi connectivity index (χ0n) is 12.8. The summed E-state index contributed by atoms with van der Waals surface area (Å²) in [5, 5.41) is 10.6. The molecule has 0 spiro atoms. The molecule has 0 amide bonds. The van der Waals surface area contributed by atoms with E-state index < -0.39 is 0 Å². The van der Waals surface area contributed by atoms with Crippen molar-refractivity contribution in [1.29, 1.82) is 0 Å². The second-order valence-electron chi connectivity index (χ2n) is 5.90. The summed E-state index contributed by atoms with van der Waals surface area (Å²) >= 11 is 1.60. The minimum atomic E-state index is 0.322. The van der Waals surface area contributed by atoms with Crippen LogP contribution in [0.1, 0.15) is 24.9 Å². The van der Waals surface area contributed by atoms with Gasteiger partial charge in [0.1, 0.15) is 5.69 Å². The van der Waals surface area contributed by atoms with Gasteiger partial charge in [0, 0.05) is 25.1 Å². The van der Waals surface area contributed by atoms with E-state index in [4.69, 9.17) is 0 Å². The van der Waals surface area contributed by atoms with Crippen molar-refractivity contribution in [3.05, 3.63) is 54.5 Å². The molecule has 0 saturated carbocycles. The van der Waals surface area contributed by atoms with E-state index in [-0.39, 0.29) is 0 Å². The van der Waals surface area contributed by atoms with Crippen LogP contribution in [0.25, 0.3) is 10.7 Å². The predicted octanol–water partition coefficient (Wildman–Crippen LogP) is 3.58. The fraction of sp³-hybridized carbons (Fsp3) is 0.294. The van der Waals surface area contributed by atoms with Crippen LogP contribution in [-0.2, 0) is 0 Å². The second kappa shape index (κ2) is 6.04. The van der Waals surface area contributed by atoms with Gasteiger partial charge in [-0.25, -0.2) is 0 Å². The Balaban J connectivity index is 1.65. The highest BCUT2D eigenvalue weighted by Crippen LogP contribution is 2.40. The molecule has 4 rings (SSSR count). The SMILES string of the molecule is C[C@H]1C[C@@H](c2cccnc2)N(c2nnc(-c3ccccn3)s2)C1.